The van der Waals surface area contributed by atoms with Crippen LogP contribution in [0.2, 0.25) is 5.02 Å². The van der Waals surface area contributed by atoms with Crippen LogP contribution in [-0.4, -0.2) is 43.3 Å². The summed E-state index contributed by atoms with van der Waals surface area (Å²) in [5.41, 5.74) is 1.29. The number of carbonyl (C=O) groups is 2. The smallest absolute Gasteiger partial charge is 0.264 e. The molecule has 10 heteroatoms. The highest BCUT2D eigenvalue weighted by Gasteiger charge is 2.35. The highest BCUT2D eigenvalue weighted by atomic mass is 79.9. The lowest BCUT2D eigenvalue weighted by molar-refractivity contribution is -0.140. The summed E-state index contributed by atoms with van der Waals surface area (Å²) in [5, 5.41) is 3.35. The standard InChI is InChI=1S/C34H35BrClN3O4S/c1-34(2,3)37-33(41)31(21-25-12-6-4-7-13-25)38(23-26-14-10-15-27(35)20-26)32(40)24-39(29-17-11-16-28(36)22-29)44(42,43)30-18-8-5-9-19-30/h4-20,22,31H,21,23-24H2,1-3H3,(H,37,41). The third kappa shape index (κ3) is 8.94. The van der Waals surface area contributed by atoms with E-state index >= 15 is 0 Å². The molecule has 0 fully saturated rings. The molecule has 0 aliphatic rings. The molecule has 0 aromatic heterocycles. The van der Waals surface area contributed by atoms with Gasteiger partial charge in [-0.25, -0.2) is 8.42 Å². The van der Waals surface area contributed by atoms with Gasteiger partial charge in [0.15, 0.2) is 0 Å². The molecule has 0 radical (unpaired) electrons. The number of nitrogens with one attached hydrogen (secondary N) is 1. The number of hydrogen-bond acceptors (Lipinski definition) is 4. The van der Waals surface area contributed by atoms with Crippen LogP contribution in [0.3, 0.4) is 0 Å². The second kappa shape index (κ2) is 14.4. The predicted molar refractivity (Wildman–Crippen MR) is 179 cm³/mol. The normalized spacial score (nSPS) is 12.3. The quantitative estimate of drug-likeness (QED) is 0.186. The van der Waals surface area contributed by atoms with E-state index in [1.54, 1.807) is 36.4 Å². The van der Waals surface area contributed by atoms with Crippen molar-refractivity contribution in [1.29, 1.82) is 0 Å². The third-order valence-electron chi connectivity index (χ3n) is 6.72. The second-order valence-electron chi connectivity index (χ2n) is 11.4. The molecule has 0 aliphatic heterocycles. The zero-order valence-corrected chi connectivity index (χ0v) is 27.9. The van der Waals surface area contributed by atoms with Crippen LogP contribution >= 0.6 is 27.5 Å². The highest BCUT2D eigenvalue weighted by molar-refractivity contribution is 9.10. The molecule has 2 amide bonds. The number of halogens is 2. The minimum absolute atomic E-state index is 0.0256. The largest absolute Gasteiger partial charge is 0.350 e. The van der Waals surface area contributed by atoms with E-state index in [0.717, 1.165) is 19.9 Å². The van der Waals surface area contributed by atoms with Crippen LogP contribution in [0.4, 0.5) is 5.69 Å². The summed E-state index contributed by atoms with van der Waals surface area (Å²) >= 11 is 9.77. The summed E-state index contributed by atoms with van der Waals surface area (Å²) in [6.07, 6.45) is 0.227. The summed E-state index contributed by atoms with van der Waals surface area (Å²) in [4.78, 5) is 29.9. The number of sulfonamides is 1. The van der Waals surface area contributed by atoms with E-state index in [0.29, 0.717) is 5.02 Å². The fourth-order valence-corrected chi connectivity index (χ4v) is 6.78. The Kier molecular flexibility index (Phi) is 10.9. The Morgan fingerprint density at radius 1 is 0.841 bits per heavy atom. The fourth-order valence-electron chi connectivity index (χ4n) is 4.72. The molecular weight excluding hydrogens is 662 g/mol. The van der Waals surface area contributed by atoms with Crippen molar-refractivity contribution in [1.82, 2.24) is 10.2 Å². The molecule has 0 bridgehead atoms. The molecule has 0 saturated heterocycles. The molecule has 1 atom stereocenters. The van der Waals surface area contributed by atoms with Crippen LogP contribution in [0.1, 0.15) is 31.9 Å². The molecule has 44 heavy (non-hydrogen) atoms. The van der Waals surface area contributed by atoms with Gasteiger partial charge in [0.1, 0.15) is 12.6 Å². The molecule has 0 spiro atoms. The Morgan fingerprint density at radius 2 is 1.45 bits per heavy atom. The number of rotatable bonds is 11. The van der Waals surface area contributed by atoms with E-state index in [1.165, 1.54) is 23.1 Å². The lowest BCUT2D eigenvalue weighted by Crippen LogP contribution is -2.56. The first-order valence-electron chi connectivity index (χ1n) is 14.1. The van der Waals surface area contributed by atoms with E-state index in [-0.39, 0.29) is 29.5 Å². The SMILES string of the molecule is CC(C)(C)NC(=O)C(Cc1ccccc1)N(Cc1cccc(Br)c1)C(=O)CN(c1cccc(Cl)c1)S(=O)(=O)c1ccccc1. The van der Waals surface area contributed by atoms with Crippen molar-refractivity contribution in [3.63, 3.8) is 0 Å². The topological polar surface area (TPSA) is 86.8 Å². The zero-order valence-electron chi connectivity index (χ0n) is 24.8. The maximum absolute atomic E-state index is 14.5. The molecule has 0 aliphatic carbocycles. The van der Waals surface area contributed by atoms with Crippen LogP contribution < -0.4 is 9.62 Å². The molecule has 0 heterocycles. The van der Waals surface area contributed by atoms with Gasteiger partial charge in [0.25, 0.3) is 10.0 Å². The van der Waals surface area contributed by atoms with E-state index in [9.17, 15) is 18.0 Å². The van der Waals surface area contributed by atoms with Crippen LogP contribution in [0.25, 0.3) is 0 Å². The van der Waals surface area contributed by atoms with Gasteiger partial charge in [0.05, 0.1) is 10.6 Å². The third-order valence-corrected chi connectivity index (χ3v) is 9.23. The van der Waals surface area contributed by atoms with Crippen molar-refractivity contribution < 1.29 is 18.0 Å². The minimum Gasteiger partial charge on any atom is -0.350 e. The predicted octanol–water partition coefficient (Wildman–Crippen LogP) is 6.85. The van der Waals surface area contributed by atoms with Gasteiger partial charge >= 0.3 is 0 Å². The second-order valence-corrected chi connectivity index (χ2v) is 14.6. The zero-order chi connectivity index (χ0) is 31.9. The lowest BCUT2D eigenvalue weighted by Gasteiger charge is -2.35. The van der Waals surface area contributed by atoms with Gasteiger partial charge in [-0.1, -0.05) is 94.3 Å². The van der Waals surface area contributed by atoms with Gasteiger partial charge in [-0.05, 0) is 74.4 Å². The first kappa shape index (κ1) is 33.2. The molecule has 1 N–H and O–H groups in total. The van der Waals surface area contributed by atoms with Crippen LogP contribution in [-0.2, 0) is 32.6 Å². The van der Waals surface area contributed by atoms with Crippen molar-refractivity contribution in [3.05, 3.63) is 130 Å². The number of carbonyl (C=O) groups excluding carboxylic acids is 2. The Hall–Kier alpha value is -3.66. The van der Waals surface area contributed by atoms with Crippen LogP contribution in [0, 0.1) is 0 Å². The van der Waals surface area contributed by atoms with E-state index in [1.807, 2.05) is 75.4 Å². The van der Waals surface area contributed by atoms with Crippen molar-refractivity contribution in [2.75, 3.05) is 10.8 Å². The van der Waals surface area contributed by atoms with Crippen molar-refractivity contribution in [2.45, 2.75) is 50.2 Å². The maximum Gasteiger partial charge on any atom is 0.264 e. The fraction of sp³-hybridized carbons (Fsp3) is 0.235. The Labute approximate surface area is 273 Å². The number of benzene rings is 4. The molecule has 4 aromatic rings. The van der Waals surface area contributed by atoms with E-state index in [2.05, 4.69) is 21.2 Å². The summed E-state index contributed by atoms with van der Waals surface area (Å²) in [6, 6.07) is 30.2. The van der Waals surface area contributed by atoms with Crippen LogP contribution in [0.15, 0.2) is 119 Å². The summed E-state index contributed by atoms with van der Waals surface area (Å²) < 4.78 is 29.9. The van der Waals surface area contributed by atoms with Gasteiger partial charge in [-0.15, -0.1) is 0 Å². The average Bonchev–Trinajstić information content (AvgIpc) is 2.97. The molecule has 4 rings (SSSR count). The van der Waals surface area contributed by atoms with Gasteiger partial charge in [-0.3, -0.25) is 13.9 Å². The Balaban J connectivity index is 1.82. The number of hydrogen-bond donors (Lipinski definition) is 1. The number of amides is 2. The molecule has 1 unspecified atom stereocenters. The van der Waals surface area contributed by atoms with Crippen LogP contribution in [0.5, 0.6) is 0 Å². The number of nitrogens with zero attached hydrogens (tertiary/aromatic N) is 2. The molecule has 0 saturated carbocycles. The summed E-state index contributed by atoms with van der Waals surface area (Å²) in [6.45, 7) is 5.14. The molecule has 230 valence electrons. The Bertz CT molecular complexity index is 1700. The van der Waals surface area contributed by atoms with E-state index in [4.69, 9.17) is 11.6 Å². The van der Waals surface area contributed by atoms with Gasteiger partial charge in [0.2, 0.25) is 11.8 Å². The first-order chi connectivity index (χ1) is 20.8. The Morgan fingerprint density at radius 3 is 2.07 bits per heavy atom. The van der Waals surface area contributed by atoms with Gasteiger partial charge in [0, 0.05) is 28.0 Å². The van der Waals surface area contributed by atoms with Crippen molar-refractivity contribution in [2.24, 2.45) is 0 Å². The monoisotopic (exact) mass is 695 g/mol. The van der Waals surface area contributed by atoms with Crippen molar-refractivity contribution in [3.8, 4) is 0 Å². The minimum atomic E-state index is -4.19. The molecule has 7 nitrogen and oxygen atoms in total. The molecular formula is C34H35BrClN3O4S. The van der Waals surface area contributed by atoms with E-state index < -0.39 is 34.1 Å². The average molecular weight is 697 g/mol. The van der Waals surface area contributed by atoms with Gasteiger partial charge in [-0.2, -0.15) is 0 Å². The summed E-state index contributed by atoms with van der Waals surface area (Å²) in [7, 11) is -4.19. The number of anilines is 1. The molecule has 4 aromatic carbocycles. The summed E-state index contributed by atoms with van der Waals surface area (Å²) in [5.74, 6) is -0.889. The first-order valence-corrected chi connectivity index (χ1v) is 16.7. The maximum atomic E-state index is 14.5. The lowest BCUT2D eigenvalue weighted by atomic mass is 10.0. The van der Waals surface area contributed by atoms with Crippen molar-refractivity contribution >= 4 is 55.1 Å². The van der Waals surface area contributed by atoms with Gasteiger partial charge < -0.3 is 10.2 Å². The highest BCUT2D eigenvalue weighted by Crippen LogP contribution is 2.27.